The van der Waals surface area contributed by atoms with E-state index in [-0.39, 0.29) is 6.10 Å². The average molecular weight is 288 g/mol. The third-order valence-corrected chi connectivity index (χ3v) is 2.98. The lowest BCUT2D eigenvalue weighted by Crippen LogP contribution is -2.26. The summed E-state index contributed by atoms with van der Waals surface area (Å²) >= 11 is 0. The number of furan rings is 1. The fraction of sp³-hybridized carbons (Fsp3) is 0.412. The van der Waals surface area contributed by atoms with E-state index in [0.29, 0.717) is 0 Å². The first-order chi connectivity index (χ1) is 10.2. The second kappa shape index (κ2) is 8.49. The Morgan fingerprint density at radius 1 is 1.00 bits per heavy atom. The fourth-order valence-corrected chi connectivity index (χ4v) is 1.99. The monoisotopic (exact) mass is 288 g/mol. The van der Waals surface area contributed by atoms with E-state index in [1.165, 1.54) is 5.56 Å². The highest BCUT2D eigenvalue weighted by atomic mass is 16.5. The minimum absolute atomic E-state index is 0.217. The summed E-state index contributed by atoms with van der Waals surface area (Å²) in [4.78, 5) is 0. The van der Waals surface area contributed by atoms with Gasteiger partial charge in [0, 0.05) is 19.6 Å². The quantitative estimate of drug-likeness (QED) is 0.696. The van der Waals surface area contributed by atoms with E-state index in [0.717, 1.165) is 37.7 Å². The van der Waals surface area contributed by atoms with Crippen molar-refractivity contribution in [3.63, 3.8) is 0 Å². The molecule has 0 bridgehead atoms. The number of benzene rings is 1. The van der Waals surface area contributed by atoms with Crippen molar-refractivity contribution in [3.8, 4) is 5.75 Å². The van der Waals surface area contributed by atoms with Gasteiger partial charge in [0.25, 0.3) is 0 Å². The van der Waals surface area contributed by atoms with Crippen molar-refractivity contribution < 1.29 is 9.15 Å². The van der Waals surface area contributed by atoms with E-state index in [4.69, 9.17) is 9.15 Å². The molecule has 0 unspecified atom stereocenters. The van der Waals surface area contributed by atoms with Crippen LogP contribution in [-0.4, -0.2) is 19.2 Å². The maximum atomic E-state index is 5.62. The van der Waals surface area contributed by atoms with Crippen molar-refractivity contribution in [2.75, 3.05) is 13.1 Å². The average Bonchev–Trinajstić information content (AvgIpc) is 2.97. The molecule has 21 heavy (non-hydrogen) atoms. The second-order valence-corrected chi connectivity index (χ2v) is 5.24. The lowest BCUT2D eigenvalue weighted by molar-refractivity contribution is 0.242. The number of nitrogens with one attached hydrogen (secondary N) is 2. The third-order valence-electron chi connectivity index (χ3n) is 2.98. The molecule has 0 aliphatic carbocycles. The van der Waals surface area contributed by atoms with Crippen molar-refractivity contribution in [3.05, 3.63) is 54.0 Å². The summed E-state index contributed by atoms with van der Waals surface area (Å²) in [7, 11) is 0. The van der Waals surface area contributed by atoms with Crippen LogP contribution in [0.5, 0.6) is 5.75 Å². The lowest BCUT2D eigenvalue weighted by Gasteiger charge is -2.10. The highest BCUT2D eigenvalue weighted by Gasteiger charge is 1.98. The zero-order valence-corrected chi connectivity index (χ0v) is 12.8. The zero-order chi connectivity index (χ0) is 14.9. The largest absolute Gasteiger partial charge is 0.491 e. The molecule has 1 aromatic heterocycles. The van der Waals surface area contributed by atoms with Gasteiger partial charge in [0.2, 0.25) is 0 Å². The van der Waals surface area contributed by atoms with Gasteiger partial charge in [0.15, 0.2) is 0 Å². The van der Waals surface area contributed by atoms with Gasteiger partial charge in [0.05, 0.1) is 18.9 Å². The summed E-state index contributed by atoms with van der Waals surface area (Å²) in [6.45, 7) is 7.54. The molecule has 0 radical (unpaired) electrons. The molecule has 0 aliphatic rings. The molecule has 0 fully saturated rings. The maximum absolute atomic E-state index is 5.62. The summed E-state index contributed by atoms with van der Waals surface area (Å²) < 4.78 is 10.9. The van der Waals surface area contributed by atoms with Crippen LogP contribution >= 0.6 is 0 Å². The van der Waals surface area contributed by atoms with Crippen molar-refractivity contribution >= 4 is 0 Å². The highest BCUT2D eigenvalue weighted by Crippen LogP contribution is 2.13. The van der Waals surface area contributed by atoms with Crippen molar-refractivity contribution in [1.29, 1.82) is 0 Å². The van der Waals surface area contributed by atoms with Crippen LogP contribution < -0.4 is 15.4 Å². The molecule has 0 amide bonds. The Hall–Kier alpha value is -1.78. The molecule has 4 heteroatoms. The Bertz CT molecular complexity index is 492. The van der Waals surface area contributed by atoms with E-state index < -0.39 is 0 Å². The van der Waals surface area contributed by atoms with Crippen LogP contribution in [0.4, 0.5) is 0 Å². The molecule has 2 N–H and O–H groups in total. The Kier molecular flexibility index (Phi) is 6.31. The van der Waals surface area contributed by atoms with E-state index in [9.17, 15) is 0 Å². The van der Waals surface area contributed by atoms with Gasteiger partial charge in [-0.25, -0.2) is 0 Å². The Labute approximate surface area is 126 Å². The molecule has 1 aromatic carbocycles. The highest BCUT2D eigenvalue weighted by molar-refractivity contribution is 5.27. The third kappa shape index (κ3) is 6.02. The van der Waals surface area contributed by atoms with Gasteiger partial charge in [-0.05, 0) is 43.7 Å². The maximum Gasteiger partial charge on any atom is 0.119 e. The molecule has 114 valence electrons. The number of rotatable bonds is 9. The van der Waals surface area contributed by atoms with Crippen molar-refractivity contribution in [2.45, 2.75) is 33.0 Å². The van der Waals surface area contributed by atoms with Crippen LogP contribution in [0.1, 0.15) is 25.2 Å². The summed E-state index contributed by atoms with van der Waals surface area (Å²) in [5, 5.41) is 6.74. The molecule has 0 atom stereocenters. The zero-order valence-electron chi connectivity index (χ0n) is 12.8. The predicted molar refractivity (Wildman–Crippen MR) is 84.3 cm³/mol. The lowest BCUT2D eigenvalue weighted by atomic mass is 10.2. The van der Waals surface area contributed by atoms with E-state index in [1.807, 2.05) is 38.1 Å². The van der Waals surface area contributed by atoms with Crippen LogP contribution in [0.2, 0.25) is 0 Å². The topological polar surface area (TPSA) is 46.4 Å². The molecule has 0 spiro atoms. The molecule has 1 heterocycles. The van der Waals surface area contributed by atoms with Gasteiger partial charge in [-0.15, -0.1) is 0 Å². The normalized spacial score (nSPS) is 11.0. The molecular weight excluding hydrogens is 264 g/mol. The second-order valence-electron chi connectivity index (χ2n) is 5.24. The minimum atomic E-state index is 0.217. The predicted octanol–water partition coefficient (Wildman–Crippen LogP) is 2.95. The molecule has 0 aliphatic heterocycles. The van der Waals surface area contributed by atoms with E-state index >= 15 is 0 Å². The first kappa shape index (κ1) is 15.6. The summed E-state index contributed by atoms with van der Waals surface area (Å²) in [6.07, 6.45) is 1.91. The van der Waals surface area contributed by atoms with Gasteiger partial charge in [-0.2, -0.15) is 0 Å². The van der Waals surface area contributed by atoms with Gasteiger partial charge < -0.3 is 19.8 Å². The Balaban J connectivity index is 1.58. The van der Waals surface area contributed by atoms with Crippen LogP contribution in [0, 0.1) is 0 Å². The fourth-order valence-electron chi connectivity index (χ4n) is 1.99. The smallest absolute Gasteiger partial charge is 0.119 e. The SMILES string of the molecule is CC(C)Oc1ccc(CNCCNCc2ccco2)cc1. The molecule has 2 rings (SSSR count). The Morgan fingerprint density at radius 2 is 1.71 bits per heavy atom. The number of ether oxygens (including phenoxy) is 1. The van der Waals surface area contributed by atoms with Gasteiger partial charge in [0.1, 0.15) is 11.5 Å². The first-order valence-electron chi connectivity index (χ1n) is 7.43. The summed E-state index contributed by atoms with van der Waals surface area (Å²) in [5.74, 6) is 1.89. The van der Waals surface area contributed by atoms with Crippen molar-refractivity contribution in [1.82, 2.24) is 10.6 Å². The molecule has 0 saturated carbocycles. The summed E-state index contributed by atoms with van der Waals surface area (Å²) in [5.41, 5.74) is 1.26. The van der Waals surface area contributed by atoms with Crippen LogP contribution in [0.3, 0.4) is 0 Å². The minimum Gasteiger partial charge on any atom is -0.491 e. The standard InChI is InChI=1S/C17H24N2O2/c1-14(2)21-16-7-5-15(6-8-16)12-18-9-10-19-13-17-4-3-11-20-17/h3-8,11,14,18-19H,9-10,12-13H2,1-2H3. The molecule has 4 nitrogen and oxygen atoms in total. The first-order valence-corrected chi connectivity index (χ1v) is 7.43. The molecular formula is C17H24N2O2. The van der Waals surface area contributed by atoms with Gasteiger partial charge in [-0.3, -0.25) is 0 Å². The van der Waals surface area contributed by atoms with Crippen molar-refractivity contribution in [2.24, 2.45) is 0 Å². The van der Waals surface area contributed by atoms with Crippen LogP contribution in [0.25, 0.3) is 0 Å². The summed E-state index contributed by atoms with van der Waals surface area (Å²) in [6, 6.07) is 12.1. The van der Waals surface area contributed by atoms with Gasteiger partial charge in [-0.1, -0.05) is 12.1 Å². The van der Waals surface area contributed by atoms with Gasteiger partial charge >= 0.3 is 0 Å². The van der Waals surface area contributed by atoms with E-state index in [2.05, 4.69) is 22.8 Å². The molecule has 0 saturated heterocycles. The Morgan fingerprint density at radius 3 is 2.33 bits per heavy atom. The molecule has 2 aromatic rings. The van der Waals surface area contributed by atoms with Crippen LogP contribution in [-0.2, 0) is 13.1 Å². The van der Waals surface area contributed by atoms with E-state index in [1.54, 1.807) is 6.26 Å². The van der Waals surface area contributed by atoms with Crippen LogP contribution in [0.15, 0.2) is 47.1 Å². The number of hydrogen-bond acceptors (Lipinski definition) is 4. The number of hydrogen-bond donors (Lipinski definition) is 2.